The first-order valence-corrected chi connectivity index (χ1v) is 23.5. The van der Waals surface area contributed by atoms with Crippen molar-refractivity contribution in [1.29, 1.82) is 0 Å². The van der Waals surface area contributed by atoms with Crippen LogP contribution in [-0.4, -0.2) is 91.4 Å². The lowest BCUT2D eigenvalue weighted by Gasteiger charge is -2.39. The van der Waals surface area contributed by atoms with Crippen molar-refractivity contribution in [3.05, 3.63) is 140 Å². The van der Waals surface area contributed by atoms with Crippen molar-refractivity contribution in [3.63, 3.8) is 0 Å². The molecule has 5 atom stereocenters. The standard InChI is InChI=1S/C48H62F3N6O9P/c1-33(2)57(34(3)4)67(64-31-29-52-5)66-43-40(18-14-9-8-10-15-28-53-45(59)55-48(49,50)51)44(56-30-27-42(58)54-46(56)60)65-41(43)32-63-47(35-16-12-11-13-17-35,36-19-23-38(61-6)24-20-36)37-21-25-39(62-7)26-22-37/h11-13,16-17,19-27,30,33-34,40-41,43-44H,8-10,14-15,18,28-29,31-32H2,1-4,6-7H3,(H2,53,55,59)(H,54,58,60)/t40-,41+,43?,44+,67?/m0/s1. The van der Waals surface area contributed by atoms with Crippen molar-refractivity contribution in [2.24, 2.45) is 5.92 Å². The molecule has 2 heterocycles. The molecule has 0 saturated carbocycles. The number of methoxy groups -OCH3 is 2. The molecule has 1 saturated heterocycles. The number of H-pyrrole nitrogens is 1. The normalized spacial score (nSPS) is 18.0. The number of hydrogen-bond donors (Lipinski definition) is 3. The Morgan fingerprint density at radius 2 is 1.45 bits per heavy atom. The monoisotopic (exact) mass is 954 g/mol. The van der Waals surface area contributed by atoms with Crippen LogP contribution in [0.25, 0.3) is 4.85 Å². The first-order chi connectivity index (χ1) is 32.1. The zero-order valence-corrected chi connectivity index (χ0v) is 39.7. The molecule has 0 bridgehead atoms. The van der Waals surface area contributed by atoms with Crippen LogP contribution < -0.4 is 31.4 Å². The average Bonchev–Trinajstić information content (AvgIpc) is 3.62. The molecule has 0 aliphatic carbocycles. The van der Waals surface area contributed by atoms with Crippen molar-refractivity contribution in [2.75, 3.05) is 40.5 Å². The van der Waals surface area contributed by atoms with Crippen LogP contribution in [0.5, 0.6) is 11.5 Å². The molecule has 3 N–H and O–H groups in total. The number of aromatic nitrogens is 2. The van der Waals surface area contributed by atoms with Gasteiger partial charge in [-0.3, -0.25) is 14.3 Å². The lowest BCUT2D eigenvalue weighted by molar-refractivity contribution is -0.145. The van der Waals surface area contributed by atoms with Crippen molar-refractivity contribution in [1.82, 2.24) is 24.9 Å². The van der Waals surface area contributed by atoms with Crippen molar-refractivity contribution in [2.45, 2.75) is 109 Å². The van der Waals surface area contributed by atoms with E-state index < -0.39 is 62.1 Å². The van der Waals surface area contributed by atoms with Gasteiger partial charge in [-0.25, -0.2) is 26.1 Å². The van der Waals surface area contributed by atoms with Gasteiger partial charge in [0.2, 0.25) is 6.54 Å². The topological polar surface area (TPSA) is 159 Å². The van der Waals surface area contributed by atoms with E-state index in [-0.39, 0.29) is 38.4 Å². The maximum atomic E-state index is 13.6. The number of amides is 2. The maximum absolute atomic E-state index is 13.6. The van der Waals surface area contributed by atoms with E-state index in [1.807, 2.05) is 107 Å². The third-order valence-corrected chi connectivity index (χ3v) is 13.5. The van der Waals surface area contributed by atoms with Crippen molar-refractivity contribution < 1.29 is 46.0 Å². The van der Waals surface area contributed by atoms with Crippen molar-refractivity contribution in [3.8, 4) is 11.5 Å². The number of nitrogens with zero attached hydrogens (tertiary/aromatic N) is 3. The summed E-state index contributed by atoms with van der Waals surface area (Å²) >= 11 is 0. The summed E-state index contributed by atoms with van der Waals surface area (Å²) in [5.74, 6) is 0.802. The smallest absolute Gasteiger partial charge is 0.485 e. The van der Waals surface area contributed by atoms with E-state index in [0.717, 1.165) is 22.0 Å². The van der Waals surface area contributed by atoms with E-state index in [0.29, 0.717) is 50.0 Å². The molecule has 15 nitrogen and oxygen atoms in total. The molecule has 1 aromatic heterocycles. The summed E-state index contributed by atoms with van der Waals surface area (Å²) in [4.78, 5) is 43.5. The van der Waals surface area contributed by atoms with E-state index >= 15 is 0 Å². The van der Waals surface area contributed by atoms with E-state index in [4.69, 9.17) is 34.6 Å². The summed E-state index contributed by atoms with van der Waals surface area (Å²) in [6, 6.07) is 25.0. The number of alkyl halides is 3. The average molecular weight is 955 g/mol. The van der Waals surface area contributed by atoms with Crippen molar-refractivity contribution >= 4 is 14.6 Å². The SMILES string of the molecule is [C-]#[N+]CCOP(OC1[C@@H](COC(c2ccccc2)(c2ccc(OC)cc2)c2ccc(OC)cc2)O[C@@H](n2ccc(=O)[nH]c2=O)[C@H]1CCCCCCCNC(=O)NC(F)(F)F)N(C(C)C)C(C)C. The Kier molecular flexibility index (Phi) is 19.8. The molecule has 67 heavy (non-hydrogen) atoms. The molecular formula is C48H62F3N6O9P. The summed E-state index contributed by atoms with van der Waals surface area (Å²) in [7, 11) is 1.37. The number of nitrogens with one attached hydrogen (secondary N) is 3. The van der Waals surface area contributed by atoms with Gasteiger partial charge in [0.15, 0.2) is 0 Å². The predicted molar refractivity (Wildman–Crippen MR) is 249 cm³/mol. The molecule has 0 radical (unpaired) electrons. The van der Waals surface area contributed by atoms with E-state index in [1.54, 1.807) is 14.2 Å². The molecule has 364 valence electrons. The number of benzene rings is 3. The fraction of sp³-hybridized carbons (Fsp3) is 0.500. The van der Waals surface area contributed by atoms with Gasteiger partial charge in [0.05, 0.1) is 20.8 Å². The maximum Gasteiger partial charge on any atom is 0.485 e. The summed E-state index contributed by atoms with van der Waals surface area (Å²) in [5.41, 5.74) is -0.0776. The summed E-state index contributed by atoms with van der Waals surface area (Å²) < 4.78 is 80.2. The molecular weight excluding hydrogens is 893 g/mol. The summed E-state index contributed by atoms with van der Waals surface area (Å²) in [6.07, 6.45) is -2.29. The molecule has 2 amide bonds. The van der Waals surface area contributed by atoms with E-state index in [2.05, 4.69) is 19.8 Å². The Labute approximate surface area is 391 Å². The second-order valence-corrected chi connectivity index (χ2v) is 18.0. The quantitative estimate of drug-likeness (QED) is 0.0193. The van der Waals surface area contributed by atoms with Gasteiger partial charge in [0.1, 0.15) is 42.1 Å². The first kappa shape index (κ1) is 52.7. The highest BCUT2D eigenvalue weighted by Crippen LogP contribution is 2.53. The van der Waals surface area contributed by atoms with Gasteiger partial charge in [0.25, 0.3) is 14.1 Å². The second-order valence-electron chi connectivity index (χ2n) is 16.6. The number of carbonyl (C=O) groups excluding carboxylic acids is 1. The molecule has 1 aliphatic heterocycles. The van der Waals surface area contributed by atoms with E-state index in [1.165, 1.54) is 16.8 Å². The van der Waals surface area contributed by atoms with Crippen LogP contribution in [0.4, 0.5) is 18.0 Å². The lowest BCUT2D eigenvalue weighted by Crippen LogP contribution is -2.44. The minimum absolute atomic E-state index is 0.0305. The number of ether oxygens (including phenoxy) is 4. The molecule has 1 fully saturated rings. The molecule has 4 aromatic rings. The molecule has 3 aromatic carbocycles. The van der Waals surface area contributed by atoms with Crippen LogP contribution in [0.3, 0.4) is 0 Å². The Morgan fingerprint density at radius 1 is 0.866 bits per heavy atom. The zero-order chi connectivity index (χ0) is 48.6. The first-order valence-electron chi connectivity index (χ1n) is 22.4. The number of unbranched alkanes of at least 4 members (excludes halogenated alkanes) is 4. The molecule has 0 spiro atoms. The Hall–Kier alpha value is -5.28. The minimum Gasteiger partial charge on any atom is -0.497 e. The molecule has 1 aliphatic rings. The van der Waals surface area contributed by atoms with E-state index in [9.17, 15) is 27.6 Å². The van der Waals surface area contributed by atoms with Gasteiger partial charge in [-0.15, -0.1) is 0 Å². The third kappa shape index (κ3) is 14.4. The number of aromatic amines is 1. The number of urea groups is 1. The van der Waals surface area contributed by atoms with Crippen LogP contribution in [-0.2, 0) is 24.1 Å². The molecule has 19 heteroatoms. The van der Waals surface area contributed by atoms with Crippen LogP contribution in [0, 0.1) is 12.5 Å². The predicted octanol–water partition coefficient (Wildman–Crippen LogP) is 8.90. The number of halogens is 3. The van der Waals surface area contributed by atoms with Gasteiger partial charge in [-0.05, 0) is 81.5 Å². The number of carbonyl (C=O) groups is 1. The Bertz CT molecular complexity index is 2240. The van der Waals surface area contributed by atoms with Gasteiger partial charge in [-0.1, -0.05) is 80.3 Å². The van der Waals surface area contributed by atoms with Gasteiger partial charge < -0.3 is 38.2 Å². The Balaban J connectivity index is 1.56. The summed E-state index contributed by atoms with van der Waals surface area (Å²) in [5, 5.41) is 3.16. The Morgan fingerprint density at radius 3 is 2.00 bits per heavy atom. The number of rotatable bonds is 25. The lowest BCUT2D eigenvalue weighted by atomic mass is 9.80. The highest BCUT2D eigenvalue weighted by molar-refractivity contribution is 7.44. The summed E-state index contributed by atoms with van der Waals surface area (Å²) in [6.45, 7) is 15.9. The second kappa shape index (κ2) is 25.2. The van der Waals surface area contributed by atoms with Gasteiger partial charge in [-0.2, -0.15) is 13.2 Å². The van der Waals surface area contributed by atoms with Gasteiger partial charge in [0, 0.05) is 36.8 Å². The van der Waals surface area contributed by atoms with Gasteiger partial charge >= 0.3 is 18.0 Å². The molecule has 2 unspecified atom stereocenters. The fourth-order valence-corrected chi connectivity index (χ4v) is 10.2. The number of hydrogen-bond acceptors (Lipinski definition) is 10. The van der Waals surface area contributed by atoms with Crippen LogP contribution in [0.1, 0.15) is 89.1 Å². The largest absolute Gasteiger partial charge is 0.497 e. The molecule has 5 rings (SSSR count). The van der Waals surface area contributed by atoms with Crippen LogP contribution >= 0.6 is 8.53 Å². The zero-order valence-electron chi connectivity index (χ0n) is 38.8. The minimum atomic E-state index is -4.82. The highest BCUT2D eigenvalue weighted by Gasteiger charge is 2.50. The van der Waals surface area contributed by atoms with Crippen LogP contribution in [0.2, 0.25) is 0 Å². The van der Waals surface area contributed by atoms with Crippen LogP contribution in [0.15, 0.2) is 101 Å². The third-order valence-electron chi connectivity index (χ3n) is 11.4. The highest BCUT2D eigenvalue weighted by atomic mass is 31.2. The fourth-order valence-electron chi connectivity index (χ4n) is 8.37.